The molecule has 0 unspecified atom stereocenters. The van der Waals surface area contributed by atoms with E-state index in [1.54, 1.807) is 35.7 Å². The van der Waals surface area contributed by atoms with Gasteiger partial charge in [-0.05, 0) is 55.0 Å². The minimum Gasteiger partial charge on any atom is -0.207 e. The third-order valence-electron chi connectivity index (χ3n) is 4.30. The van der Waals surface area contributed by atoms with Crippen LogP contribution >= 0.6 is 27.3 Å². The molecule has 1 fully saturated rings. The number of rotatable bonds is 5. The van der Waals surface area contributed by atoms with Gasteiger partial charge in [0.2, 0.25) is 20.0 Å². The molecule has 6 nitrogen and oxygen atoms in total. The summed E-state index contributed by atoms with van der Waals surface area (Å²) in [4.78, 5) is 0.260. The zero-order valence-corrected chi connectivity index (χ0v) is 18.1. The number of hydrogen-bond acceptors (Lipinski definition) is 5. The highest BCUT2D eigenvalue weighted by molar-refractivity contribution is 9.10. The van der Waals surface area contributed by atoms with Crippen LogP contribution in [0.2, 0.25) is 0 Å². The third kappa shape index (κ3) is 4.20. The molecule has 1 aliphatic heterocycles. The summed E-state index contributed by atoms with van der Waals surface area (Å²) in [6.07, 6.45) is 0.888. The molecule has 1 N–H and O–H groups in total. The van der Waals surface area contributed by atoms with Crippen LogP contribution in [-0.4, -0.2) is 40.3 Å². The lowest BCUT2D eigenvalue weighted by atomic mass is 10.1. The first-order valence-electron chi connectivity index (χ1n) is 8.02. The van der Waals surface area contributed by atoms with Crippen molar-refractivity contribution < 1.29 is 16.8 Å². The first-order valence-corrected chi connectivity index (χ1v) is 12.6. The number of piperidine rings is 1. The first-order chi connectivity index (χ1) is 12.2. The maximum atomic E-state index is 12.8. The molecule has 0 spiro atoms. The largest absolute Gasteiger partial charge is 0.250 e. The van der Waals surface area contributed by atoms with Gasteiger partial charge < -0.3 is 0 Å². The fraction of sp³-hybridized carbons (Fsp3) is 0.375. The monoisotopic (exact) mass is 478 g/mol. The molecule has 1 saturated heterocycles. The minimum atomic E-state index is -3.57. The molecule has 10 heteroatoms. The summed E-state index contributed by atoms with van der Waals surface area (Å²) in [5.74, 6) is 0. The van der Waals surface area contributed by atoms with Gasteiger partial charge in [-0.3, -0.25) is 0 Å². The van der Waals surface area contributed by atoms with E-state index in [9.17, 15) is 16.8 Å². The molecular weight excluding hydrogens is 460 g/mol. The summed E-state index contributed by atoms with van der Waals surface area (Å²) in [7, 11) is -7.11. The predicted molar refractivity (Wildman–Crippen MR) is 105 cm³/mol. The van der Waals surface area contributed by atoms with Gasteiger partial charge in [-0.15, -0.1) is 11.3 Å². The predicted octanol–water partition coefficient (Wildman–Crippen LogP) is 2.95. The lowest BCUT2D eigenvalue weighted by Crippen LogP contribution is -2.46. The van der Waals surface area contributed by atoms with Crippen molar-refractivity contribution in [1.29, 1.82) is 0 Å². The summed E-state index contributed by atoms with van der Waals surface area (Å²) < 4.78 is 55.4. The minimum absolute atomic E-state index is 0.260. The van der Waals surface area contributed by atoms with Crippen LogP contribution in [0.4, 0.5) is 0 Å². The number of nitrogens with one attached hydrogen (secondary N) is 1. The van der Waals surface area contributed by atoms with E-state index in [-0.39, 0.29) is 28.2 Å². The van der Waals surface area contributed by atoms with Gasteiger partial charge in [-0.1, -0.05) is 22.0 Å². The SMILES string of the molecule is Cc1cc(S(=O)(=O)N2CCC(NS(=O)(=O)c3cccs3)CC2)ccc1Br. The molecule has 0 bridgehead atoms. The van der Waals surface area contributed by atoms with E-state index < -0.39 is 20.0 Å². The summed E-state index contributed by atoms with van der Waals surface area (Å²) >= 11 is 4.53. The maximum Gasteiger partial charge on any atom is 0.250 e. The molecule has 0 aliphatic carbocycles. The maximum absolute atomic E-state index is 12.8. The summed E-state index contributed by atoms with van der Waals surface area (Å²) in [6, 6.07) is 7.93. The molecule has 0 atom stereocenters. The zero-order valence-electron chi connectivity index (χ0n) is 14.1. The molecule has 1 aromatic carbocycles. The fourth-order valence-electron chi connectivity index (χ4n) is 2.83. The van der Waals surface area contributed by atoms with Gasteiger partial charge in [0.15, 0.2) is 0 Å². The summed E-state index contributed by atoms with van der Waals surface area (Å²) in [6.45, 7) is 2.42. The molecule has 142 valence electrons. The normalized spacial score (nSPS) is 17.5. The molecule has 2 heterocycles. The second kappa shape index (κ2) is 7.69. The van der Waals surface area contributed by atoms with E-state index in [4.69, 9.17) is 0 Å². The second-order valence-corrected chi connectivity index (χ2v) is 11.8. The van der Waals surface area contributed by atoms with Crippen LogP contribution in [0, 0.1) is 6.92 Å². The van der Waals surface area contributed by atoms with Gasteiger partial charge in [0.1, 0.15) is 4.21 Å². The Balaban J connectivity index is 1.67. The topological polar surface area (TPSA) is 83.6 Å². The number of hydrogen-bond donors (Lipinski definition) is 1. The van der Waals surface area contributed by atoms with E-state index in [1.807, 2.05) is 6.92 Å². The number of sulfonamides is 2. The van der Waals surface area contributed by atoms with Crippen molar-refractivity contribution in [1.82, 2.24) is 9.03 Å². The third-order valence-corrected chi connectivity index (χ3v) is 10.0. The van der Waals surface area contributed by atoms with Crippen molar-refractivity contribution in [2.75, 3.05) is 13.1 Å². The average Bonchev–Trinajstić information content (AvgIpc) is 3.13. The fourth-order valence-corrected chi connectivity index (χ4v) is 6.95. The van der Waals surface area contributed by atoms with Crippen LogP contribution in [-0.2, 0) is 20.0 Å². The average molecular weight is 479 g/mol. The summed E-state index contributed by atoms with van der Waals surface area (Å²) in [5, 5.41) is 1.71. The molecule has 26 heavy (non-hydrogen) atoms. The highest BCUT2D eigenvalue weighted by Gasteiger charge is 2.31. The van der Waals surface area contributed by atoms with Crippen LogP contribution in [0.15, 0.2) is 49.3 Å². The first kappa shape index (κ1) is 20.0. The summed E-state index contributed by atoms with van der Waals surface area (Å²) in [5.41, 5.74) is 0.852. The van der Waals surface area contributed by atoms with Gasteiger partial charge in [-0.2, -0.15) is 4.31 Å². The van der Waals surface area contributed by atoms with Gasteiger partial charge in [0.05, 0.1) is 4.90 Å². The van der Waals surface area contributed by atoms with E-state index in [0.717, 1.165) is 21.4 Å². The van der Waals surface area contributed by atoms with Crippen LogP contribution < -0.4 is 4.72 Å². The van der Waals surface area contributed by atoms with Crippen molar-refractivity contribution in [3.63, 3.8) is 0 Å². The zero-order chi connectivity index (χ0) is 18.9. The van der Waals surface area contributed by atoms with Crippen molar-refractivity contribution in [3.05, 3.63) is 45.7 Å². The van der Waals surface area contributed by atoms with E-state index >= 15 is 0 Å². The second-order valence-electron chi connectivity index (χ2n) is 6.14. The lowest BCUT2D eigenvalue weighted by molar-refractivity contribution is 0.308. The quantitative estimate of drug-likeness (QED) is 0.715. The van der Waals surface area contributed by atoms with Crippen LogP contribution in [0.3, 0.4) is 0 Å². The van der Waals surface area contributed by atoms with Crippen LogP contribution in [0.5, 0.6) is 0 Å². The lowest BCUT2D eigenvalue weighted by Gasteiger charge is -2.31. The smallest absolute Gasteiger partial charge is 0.207 e. The molecule has 0 amide bonds. The number of halogens is 1. The Morgan fingerprint density at radius 3 is 2.42 bits per heavy atom. The van der Waals surface area contributed by atoms with E-state index in [2.05, 4.69) is 20.7 Å². The van der Waals surface area contributed by atoms with Gasteiger partial charge in [0, 0.05) is 23.6 Å². The van der Waals surface area contributed by atoms with E-state index in [1.165, 1.54) is 4.31 Å². The van der Waals surface area contributed by atoms with Crippen molar-refractivity contribution in [3.8, 4) is 0 Å². The Morgan fingerprint density at radius 1 is 1.15 bits per heavy atom. The molecule has 1 aliphatic rings. The number of thiophene rings is 1. The van der Waals surface area contributed by atoms with Gasteiger partial charge in [0.25, 0.3) is 0 Å². The van der Waals surface area contributed by atoms with Gasteiger partial charge >= 0.3 is 0 Å². The van der Waals surface area contributed by atoms with Crippen molar-refractivity contribution >= 4 is 47.3 Å². The molecule has 3 rings (SSSR count). The Labute approximate surface area is 166 Å². The van der Waals surface area contributed by atoms with Crippen LogP contribution in [0.1, 0.15) is 18.4 Å². The Morgan fingerprint density at radius 2 is 1.85 bits per heavy atom. The number of nitrogens with zero attached hydrogens (tertiary/aromatic N) is 1. The molecule has 0 saturated carbocycles. The van der Waals surface area contributed by atoms with Crippen LogP contribution in [0.25, 0.3) is 0 Å². The molecule has 0 radical (unpaired) electrons. The molecular formula is C16H19BrN2O4S3. The Kier molecular flexibility index (Phi) is 5.90. The standard InChI is InChI=1S/C16H19BrN2O4S3/c1-12-11-14(4-5-15(12)17)26(22,23)19-8-6-13(7-9-19)18-25(20,21)16-3-2-10-24-16/h2-5,10-11,13,18H,6-9H2,1H3. The molecule has 2 aromatic rings. The number of aryl methyl sites for hydroxylation is 1. The Bertz CT molecular complexity index is 981. The van der Waals surface area contributed by atoms with Crippen molar-refractivity contribution in [2.45, 2.75) is 34.9 Å². The highest BCUT2D eigenvalue weighted by Crippen LogP contribution is 2.25. The van der Waals surface area contributed by atoms with Crippen molar-refractivity contribution in [2.24, 2.45) is 0 Å². The van der Waals surface area contributed by atoms with E-state index in [0.29, 0.717) is 12.8 Å². The molecule has 1 aromatic heterocycles. The number of benzene rings is 1. The highest BCUT2D eigenvalue weighted by atomic mass is 79.9. The Hall–Kier alpha value is -0.780. The van der Waals surface area contributed by atoms with Gasteiger partial charge in [-0.25, -0.2) is 21.6 Å².